The van der Waals surface area contributed by atoms with Gasteiger partial charge in [0.2, 0.25) is 5.95 Å². The quantitative estimate of drug-likeness (QED) is 0.826. The molecule has 0 amide bonds. The van der Waals surface area contributed by atoms with E-state index in [9.17, 15) is 5.11 Å². The summed E-state index contributed by atoms with van der Waals surface area (Å²) >= 11 is 5.93. The van der Waals surface area contributed by atoms with Gasteiger partial charge in [0, 0.05) is 49.7 Å². The molecule has 5 rings (SSSR count). The number of hydrogen-bond donors (Lipinski definition) is 1. The maximum Gasteiger partial charge on any atom is 0.225 e. The van der Waals surface area contributed by atoms with Crippen molar-refractivity contribution < 1.29 is 5.11 Å². The Balaban J connectivity index is 1.39. The molecule has 4 heterocycles. The number of hydrogen-bond acceptors (Lipinski definition) is 7. The summed E-state index contributed by atoms with van der Waals surface area (Å²) in [5.74, 6) is 3.09. The number of piperidine rings is 1. The fourth-order valence-corrected chi connectivity index (χ4v) is 5.36. The Kier molecular flexibility index (Phi) is 4.82. The zero-order chi connectivity index (χ0) is 20.0. The molecule has 154 valence electrons. The molecule has 2 aliphatic heterocycles. The van der Waals surface area contributed by atoms with Crippen LogP contribution in [-0.4, -0.2) is 57.8 Å². The molecule has 2 aromatic rings. The maximum absolute atomic E-state index is 9.53. The monoisotopic (exact) mass is 414 g/mol. The highest BCUT2D eigenvalue weighted by molar-refractivity contribution is 6.30. The van der Waals surface area contributed by atoms with Gasteiger partial charge in [-0.25, -0.2) is 19.9 Å². The number of fused-ring (bicyclic) bond motifs is 2. The van der Waals surface area contributed by atoms with Gasteiger partial charge in [-0.2, -0.15) is 0 Å². The predicted octanol–water partition coefficient (Wildman–Crippen LogP) is 2.53. The molecule has 0 aromatic carbocycles. The number of halogens is 1. The predicted molar refractivity (Wildman–Crippen MR) is 113 cm³/mol. The smallest absolute Gasteiger partial charge is 0.225 e. The lowest BCUT2D eigenvalue weighted by atomic mass is 9.76. The second-order valence-electron chi connectivity index (χ2n) is 8.67. The zero-order valence-corrected chi connectivity index (χ0v) is 17.6. The molecule has 1 aliphatic carbocycles. The van der Waals surface area contributed by atoms with Crippen molar-refractivity contribution in [3.63, 3.8) is 0 Å². The first kappa shape index (κ1) is 19.0. The first-order chi connectivity index (χ1) is 14.1. The van der Waals surface area contributed by atoms with E-state index >= 15 is 0 Å². The molecule has 2 fully saturated rings. The molecule has 1 N–H and O–H groups in total. The van der Waals surface area contributed by atoms with Gasteiger partial charge in [0.1, 0.15) is 11.6 Å². The van der Waals surface area contributed by atoms with Crippen LogP contribution in [0.4, 0.5) is 11.8 Å². The SMILES string of the molecule is Cc1nc(N2CCC(CO)C2)c2c(n1)C1(CC2)CCN(c2ncc(Cl)cn2)CC1. The fraction of sp³-hybridized carbons (Fsp3) is 0.619. The van der Waals surface area contributed by atoms with Gasteiger partial charge in [-0.3, -0.25) is 0 Å². The van der Waals surface area contributed by atoms with Crippen LogP contribution in [0.1, 0.15) is 42.8 Å². The molecule has 3 aliphatic rings. The van der Waals surface area contributed by atoms with Gasteiger partial charge in [-0.1, -0.05) is 11.6 Å². The Labute approximate surface area is 176 Å². The Morgan fingerprint density at radius 1 is 1.10 bits per heavy atom. The van der Waals surface area contributed by atoms with E-state index in [1.807, 2.05) is 6.92 Å². The van der Waals surface area contributed by atoms with Crippen LogP contribution < -0.4 is 9.80 Å². The van der Waals surface area contributed by atoms with Crippen molar-refractivity contribution in [2.45, 2.75) is 44.4 Å². The third kappa shape index (κ3) is 3.34. The Hall–Kier alpha value is -1.99. The highest BCUT2D eigenvalue weighted by Crippen LogP contribution is 2.48. The lowest BCUT2D eigenvalue weighted by Gasteiger charge is -2.39. The van der Waals surface area contributed by atoms with Crippen LogP contribution in [0.5, 0.6) is 0 Å². The highest BCUT2D eigenvalue weighted by Gasteiger charge is 2.45. The molecule has 29 heavy (non-hydrogen) atoms. The first-order valence-electron chi connectivity index (χ1n) is 10.5. The van der Waals surface area contributed by atoms with E-state index in [1.165, 1.54) is 11.3 Å². The first-order valence-corrected chi connectivity index (χ1v) is 10.9. The molecule has 1 unspecified atom stereocenters. The number of rotatable bonds is 3. The number of nitrogens with zero attached hydrogens (tertiary/aromatic N) is 6. The van der Waals surface area contributed by atoms with Crippen LogP contribution in [-0.2, 0) is 11.8 Å². The van der Waals surface area contributed by atoms with E-state index in [4.69, 9.17) is 21.6 Å². The molecule has 1 atom stereocenters. The summed E-state index contributed by atoms with van der Waals surface area (Å²) in [4.78, 5) is 23.2. The van der Waals surface area contributed by atoms with Crippen LogP contribution in [0.15, 0.2) is 12.4 Å². The number of aliphatic hydroxyl groups excluding tert-OH is 1. The van der Waals surface area contributed by atoms with Gasteiger partial charge < -0.3 is 14.9 Å². The molecule has 0 saturated carbocycles. The van der Waals surface area contributed by atoms with Gasteiger partial charge in [-0.15, -0.1) is 0 Å². The van der Waals surface area contributed by atoms with E-state index in [0.717, 1.165) is 75.9 Å². The topological polar surface area (TPSA) is 78.3 Å². The molecular weight excluding hydrogens is 388 g/mol. The average Bonchev–Trinajstić information content (AvgIpc) is 3.35. The number of anilines is 2. The highest BCUT2D eigenvalue weighted by atomic mass is 35.5. The molecule has 8 heteroatoms. The lowest BCUT2D eigenvalue weighted by molar-refractivity contribution is 0.238. The maximum atomic E-state index is 9.53. The summed E-state index contributed by atoms with van der Waals surface area (Å²) in [6.45, 7) is 5.99. The largest absolute Gasteiger partial charge is 0.396 e. The van der Waals surface area contributed by atoms with Crippen LogP contribution in [0, 0.1) is 12.8 Å². The van der Waals surface area contributed by atoms with Gasteiger partial charge in [0.25, 0.3) is 0 Å². The minimum Gasteiger partial charge on any atom is -0.396 e. The lowest BCUT2D eigenvalue weighted by Crippen LogP contribution is -2.42. The summed E-state index contributed by atoms with van der Waals surface area (Å²) in [5.41, 5.74) is 2.74. The molecule has 0 bridgehead atoms. The third-order valence-electron chi connectivity index (χ3n) is 6.91. The second kappa shape index (κ2) is 7.36. The van der Waals surface area contributed by atoms with E-state index in [0.29, 0.717) is 10.9 Å². The summed E-state index contributed by atoms with van der Waals surface area (Å²) in [7, 11) is 0. The minimum atomic E-state index is 0.136. The minimum absolute atomic E-state index is 0.136. The van der Waals surface area contributed by atoms with Gasteiger partial charge in [0.05, 0.1) is 23.1 Å². The fourth-order valence-electron chi connectivity index (χ4n) is 5.26. The third-order valence-corrected chi connectivity index (χ3v) is 7.10. The van der Waals surface area contributed by atoms with Crippen molar-refractivity contribution >= 4 is 23.4 Å². The van der Waals surface area contributed by atoms with Crippen molar-refractivity contribution in [2.75, 3.05) is 42.6 Å². The standard InChI is InChI=1S/C21H27ClN6O/c1-14-25-18-17(19(26-14)28-7-3-15(12-28)13-29)2-4-21(18)5-8-27(9-6-21)20-23-10-16(22)11-24-20/h10-11,15,29H,2-9,12-13H2,1H3. The second-order valence-corrected chi connectivity index (χ2v) is 9.11. The van der Waals surface area contributed by atoms with Crippen molar-refractivity contribution in [1.82, 2.24) is 19.9 Å². The van der Waals surface area contributed by atoms with Gasteiger partial charge in [-0.05, 0) is 39.0 Å². The van der Waals surface area contributed by atoms with E-state index in [-0.39, 0.29) is 12.0 Å². The summed E-state index contributed by atoms with van der Waals surface area (Å²) < 4.78 is 0. The summed E-state index contributed by atoms with van der Waals surface area (Å²) in [5, 5.41) is 10.1. The molecule has 2 aromatic heterocycles. The van der Waals surface area contributed by atoms with E-state index < -0.39 is 0 Å². The Morgan fingerprint density at radius 2 is 1.86 bits per heavy atom. The summed E-state index contributed by atoms with van der Waals surface area (Å²) in [6.07, 6.45) is 8.66. The molecule has 7 nitrogen and oxygen atoms in total. The normalized spacial score (nSPS) is 23.1. The molecule has 0 radical (unpaired) electrons. The van der Waals surface area contributed by atoms with Gasteiger partial charge in [0.15, 0.2) is 0 Å². The zero-order valence-electron chi connectivity index (χ0n) is 16.8. The van der Waals surface area contributed by atoms with Crippen molar-refractivity contribution in [3.8, 4) is 0 Å². The Bertz CT molecular complexity index is 897. The van der Waals surface area contributed by atoms with Gasteiger partial charge >= 0.3 is 0 Å². The van der Waals surface area contributed by atoms with Crippen LogP contribution >= 0.6 is 11.6 Å². The molecule has 2 saturated heterocycles. The Morgan fingerprint density at radius 3 is 2.55 bits per heavy atom. The van der Waals surface area contributed by atoms with Crippen LogP contribution in [0.2, 0.25) is 5.02 Å². The van der Waals surface area contributed by atoms with E-state index in [2.05, 4.69) is 19.8 Å². The van der Waals surface area contributed by atoms with Crippen LogP contribution in [0.25, 0.3) is 0 Å². The van der Waals surface area contributed by atoms with Crippen LogP contribution in [0.3, 0.4) is 0 Å². The molecule has 1 spiro atoms. The van der Waals surface area contributed by atoms with Crippen molar-refractivity contribution in [3.05, 3.63) is 34.5 Å². The molecular formula is C21H27ClN6O. The number of aromatic nitrogens is 4. The summed E-state index contributed by atoms with van der Waals surface area (Å²) in [6, 6.07) is 0. The average molecular weight is 415 g/mol. The van der Waals surface area contributed by atoms with E-state index in [1.54, 1.807) is 12.4 Å². The van der Waals surface area contributed by atoms with Crippen molar-refractivity contribution in [2.24, 2.45) is 5.92 Å². The number of aryl methyl sites for hydroxylation is 1. The van der Waals surface area contributed by atoms with Crippen molar-refractivity contribution in [1.29, 1.82) is 0 Å². The number of aliphatic hydroxyl groups is 1.